The molecule has 0 unspecified atom stereocenters. The summed E-state index contributed by atoms with van der Waals surface area (Å²) in [6.45, 7) is 4.39. The van der Waals surface area contributed by atoms with Gasteiger partial charge in [0.25, 0.3) is 10.1 Å². The van der Waals surface area contributed by atoms with Crippen LogP contribution < -0.4 is 11.1 Å². The van der Waals surface area contributed by atoms with E-state index in [-0.39, 0.29) is 10.6 Å². The third-order valence-corrected chi connectivity index (χ3v) is 8.52. The topological polar surface area (TPSA) is 162 Å². The molecule has 5 N–H and O–H groups in total. The average Bonchev–Trinajstić information content (AvgIpc) is 3.04. The van der Waals surface area contributed by atoms with E-state index in [0.29, 0.717) is 45.5 Å². The van der Waals surface area contributed by atoms with E-state index in [1.807, 2.05) is 74.5 Å². The van der Waals surface area contributed by atoms with Crippen LogP contribution in [0.2, 0.25) is 0 Å². The number of hydrogen-bond donors (Lipinski definition) is 4. The summed E-state index contributed by atoms with van der Waals surface area (Å²) in [6.07, 6.45) is 0. The molecule has 6 rings (SSSR count). The summed E-state index contributed by atoms with van der Waals surface area (Å²) in [4.78, 5) is -0.187. The number of aryl methyl sites for hydroxylation is 2. The SMILES string of the molecule is Cc1cc(N=Nc2ccc3cc(NCc4ccc(N)cc4)ccc3c2O)c(C)cc1N=Nc1ccc2cccc(S(=O)(=O)O)c2c1. The van der Waals surface area contributed by atoms with Crippen LogP contribution in [-0.2, 0) is 16.7 Å². The van der Waals surface area contributed by atoms with Crippen molar-refractivity contribution in [3.05, 3.63) is 120 Å². The Morgan fingerprint density at radius 1 is 0.696 bits per heavy atom. The maximum atomic E-state index is 11.8. The van der Waals surface area contributed by atoms with Gasteiger partial charge in [-0.3, -0.25) is 4.55 Å². The molecule has 6 aromatic rings. The predicted molar refractivity (Wildman–Crippen MR) is 182 cm³/mol. The van der Waals surface area contributed by atoms with Crippen LogP contribution in [0.5, 0.6) is 5.75 Å². The first kappa shape index (κ1) is 30.4. The number of aromatic hydroxyl groups is 1. The van der Waals surface area contributed by atoms with Crippen molar-refractivity contribution >= 4 is 65.8 Å². The number of phenols is 1. The van der Waals surface area contributed by atoms with Crippen molar-refractivity contribution < 1.29 is 18.1 Å². The standard InChI is InChI=1S/C35H30N6O4S/c1-21-17-33(22(2)16-32(21)40-38-28-12-8-24-4-3-5-34(30(24)19-28)46(43,44)45)41-39-31-15-9-25-18-27(13-14-29(25)35(31)42)37-20-23-6-10-26(36)11-7-23/h3-19,37,42H,20,36H2,1-2H3,(H,43,44,45). The number of hydrogen-bond acceptors (Lipinski definition) is 9. The third-order valence-electron chi connectivity index (χ3n) is 7.60. The highest BCUT2D eigenvalue weighted by molar-refractivity contribution is 7.86. The Morgan fingerprint density at radius 2 is 1.37 bits per heavy atom. The Morgan fingerprint density at radius 3 is 2.09 bits per heavy atom. The first-order valence-electron chi connectivity index (χ1n) is 14.3. The van der Waals surface area contributed by atoms with E-state index in [9.17, 15) is 18.1 Å². The van der Waals surface area contributed by atoms with Crippen molar-refractivity contribution in [2.24, 2.45) is 20.5 Å². The maximum absolute atomic E-state index is 11.8. The molecule has 10 nitrogen and oxygen atoms in total. The smallest absolute Gasteiger partial charge is 0.295 e. The zero-order chi connectivity index (χ0) is 32.4. The lowest BCUT2D eigenvalue weighted by Gasteiger charge is -2.10. The van der Waals surface area contributed by atoms with Crippen LogP contribution in [0.4, 0.5) is 34.1 Å². The van der Waals surface area contributed by atoms with Crippen molar-refractivity contribution in [2.45, 2.75) is 25.3 Å². The fraction of sp³-hybridized carbons (Fsp3) is 0.0857. The molecule has 0 fully saturated rings. The van der Waals surface area contributed by atoms with Gasteiger partial charge in [-0.2, -0.15) is 23.8 Å². The molecular weight excluding hydrogens is 600 g/mol. The Balaban J connectivity index is 1.19. The quantitative estimate of drug-likeness (QED) is 0.0743. The number of fused-ring (bicyclic) bond motifs is 2. The lowest BCUT2D eigenvalue weighted by molar-refractivity contribution is 0.482. The van der Waals surface area contributed by atoms with E-state index >= 15 is 0 Å². The minimum absolute atomic E-state index is 0.0404. The second kappa shape index (κ2) is 12.4. The maximum Gasteiger partial charge on any atom is 0.295 e. The van der Waals surface area contributed by atoms with Crippen LogP contribution in [0.15, 0.2) is 128 Å². The molecule has 0 spiro atoms. The molecule has 0 saturated heterocycles. The van der Waals surface area contributed by atoms with Crippen LogP contribution in [0.25, 0.3) is 21.5 Å². The number of nitrogens with two attached hydrogens (primary N) is 1. The summed E-state index contributed by atoms with van der Waals surface area (Å²) in [5.41, 5.74) is 12.1. The first-order valence-corrected chi connectivity index (χ1v) is 15.8. The average molecular weight is 631 g/mol. The number of anilines is 2. The molecule has 0 heterocycles. The highest BCUT2D eigenvalue weighted by atomic mass is 32.2. The molecule has 0 aliphatic rings. The number of azo groups is 2. The van der Waals surface area contributed by atoms with E-state index in [0.717, 1.165) is 33.5 Å². The van der Waals surface area contributed by atoms with E-state index in [1.165, 1.54) is 6.07 Å². The second-order valence-electron chi connectivity index (χ2n) is 10.9. The Labute approximate surface area is 265 Å². The highest BCUT2D eigenvalue weighted by Crippen LogP contribution is 2.38. The van der Waals surface area contributed by atoms with Gasteiger partial charge in [0.2, 0.25) is 0 Å². The fourth-order valence-corrected chi connectivity index (χ4v) is 5.78. The number of phenolic OH excluding ortho intramolecular Hbond substituents is 1. The number of benzene rings is 6. The molecule has 0 atom stereocenters. The molecule has 0 aliphatic carbocycles. The van der Waals surface area contributed by atoms with E-state index in [1.54, 1.807) is 36.4 Å². The Kier molecular flexibility index (Phi) is 8.18. The molecular formula is C35H30N6O4S. The lowest BCUT2D eigenvalue weighted by atomic mass is 10.1. The van der Waals surface area contributed by atoms with Gasteiger partial charge in [-0.15, -0.1) is 5.11 Å². The summed E-state index contributed by atoms with van der Waals surface area (Å²) < 4.78 is 33.2. The van der Waals surface area contributed by atoms with Gasteiger partial charge in [0.15, 0.2) is 5.75 Å². The molecule has 0 radical (unpaired) electrons. The summed E-state index contributed by atoms with van der Waals surface area (Å²) >= 11 is 0. The highest BCUT2D eigenvalue weighted by Gasteiger charge is 2.14. The van der Waals surface area contributed by atoms with E-state index in [2.05, 4.69) is 25.8 Å². The minimum atomic E-state index is -4.40. The summed E-state index contributed by atoms with van der Waals surface area (Å²) in [7, 11) is -4.40. The van der Waals surface area contributed by atoms with Gasteiger partial charge in [0.05, 0.1) is 17.1 Å². The number of nitrogens with zero attached hydrogens (tertiary/aromatic N) is 4. The summed E-state index contributed by atoms with van der Waals surface area (Å²) in [5, 5.41) is 34.3. The van der Waals surface area contributed by atoms with Gasteiger partial charge in [-0.25, -0.2) is 0 Å². The van der Waals surface area contributed by atoms with Crippen molar-refractivity contribution in [1.82, 2.24) is 0 Å². The van der Waals surface area contributed by atoms with Gasteiger partial charge < -0.3 is 16.2 Å². The molecule has 0 aliphatic heterocycles. The Hall–Kier alpha value is -5.65. The molecule has 6 aromatic carbocycles. The fourth-order valence-electron chi connectivity index (χ4n) is 5.07. The van der Waals surface area contributed by atoms with Crippen molar-refractivity contribution in [1.29, 1.82) is 0 Å². The molecule has 0 amide bonds. The van der Waals surface area contributed by atoms with Gasteiger partial charge >= 0.3 is 0 Å². The predicted octanol–water partition coefficient (Wildman–Crippen LogP) is 9.59. The first-order chi connectivity index (χ1) is 22.0. The summed E-state index contributed by atoms with van der Waals surface area (Å²) in [5.74, 6) is 0.0404. The van der Waals surface area contributed by atoms with Crippen molar-refractivity contribution in [2.75, 3.05) is 11.1 Å². The number of nitrogens with one attached hydrogen (secondary N) is 1. The van der Waals surface area contributed by atoms with Crippen LogP contribution in [-0.4, -0.2) is 18.1 Å². The van der Waals surface area contributed by atoms with Crippen LogP contribution in [0.1, 0.15) is 16.7 Å². The zero-order valence-electron chi connectivity index (χ0n) is 25.0. The van der Waals surface area contributed by atoms with Crippen LogP contribution in [0, 0.1) is 13.8 Å². The second-order valence-corrected chi connectivity index (χ2v) is 12.3. The molecule has 0 aromatic heterocycles. The van der Waals surface area contributed by atoms with Crippen molar-refractivity contribution in [3.63, 3.8) is 0 Å². The molecule has 0 bridgehead atoms. The van der Waals surface area contributed by atoms with Gasteiger partial charge in [-0.05, 0) is 108 Å². The Bertz CT molecular complexity index is 2280. The van der Waals surface area contributed by atoms with Gasteiger partial charge in [0.1, 0.15) is 10.6 Å². The monoisotopic (exact) mass is 630 g/mol. The molecule has 230 valence electrons. The third kappa shape index (κ3) is 6.55. The normalized spacial score (nSPS) is 12.1. The van der Waals surface area contributed by atoms with E-state index in [4.69, 9.17) is 5.73 Å². The van der Waals surface area contributed by atoms with Crippen LogP contribution in [0.3, 0.4) is 0 Å². The zero-order valence-corrected chi connectivity index (χ0v) is 25.8. The van der Waals surface area contributed by atoms with Crippen molar-refractivity contribution in [3.8, 4) is 5.75 Å². The largest absolute Gasteiger partial charge is 0.505 e. The lowest BCUT2D eigenvalue weighted by Crippen LogP contribution is -1.99. The van der Waals surface area contributed by atoms with E-state index < -0.39 is 10.1 Å². The molecule has 46 heavy (non-hydrogen) atoms. The summed E-state index contributed by atoms with van der Waals surface area (Å²) in [6, 6.07) is 30.4. The van der Waals surface area contributed by atoms with Gasteiger partial charge in [-0.1, -0.05) is 36.4 Å². The van der Waals surface area contributed by atoms with Gasteiger partial charge in [0, 0.05) is 28.7 Å². The molecule has 11 heteroatoms. The number of nitrogen functional groups attached to an aromatic ring is 1. The minimum Gasteiger partial charge on any atom is -0.505 e. The number of rotatable bonds is 8. The van der Waals surface area contributed by atoms with Crippen LogP contribution >= 0.6 is 0 Å². The molecule has 0 saturated carbocycles.